The van der Waals surface area contributed by atoms with E-state index in [1.165, 1.54) is 43.2 Å². The highest BCUT2D eigenvalue weighted by molar-refractivity contribution is 7.92. The van der Waals surface area contributed by atoms with Gasteiger partial charge in [-0.05, 0) is 18.2 Å². The standard InChI is InChI=1S/C13H15ClN4O3S/c1-15-13(19)11-6-10(8-17(11)2)22(20,21)18(3)12-5-4-9(14)7-16-12/h4-8H,1-3H3,(H,15,19). The van der Waals surface area contributed by atoms with E-state index in [0.717, 1.165) is 4.31 Å². The molecule has 2 rings (SSSR count). The number of hydrogen-bond donors (Lipinski definition) is 1. The minimum Gasteiger partial charge on any atom is -0.354 e. The molecule has 0 spiro atoms. The van der Waals surface area contributed by atoms with E-state index in [2.05, 4.69) is 10.3 Å². The summed E-state index contributed by atoms with van der Waals surface area (Å²) in [4.78, 5) is 15.7. The summed E-state index contributed by atoms with van der Waals surface area (Å²) in [6.45, 7) is 0. The molecule has 7 nitrogen and oxygen atoms in total. The smallest absolute Gasteiger partial charge is 0.267 e. The Morgan fingerprint density at radius 2 is 2.09 bits per heavy atom. The Hall–Kier alpha value is -2.06. The Balaban J connectivity index is 2.42. The van der Waals surface area contributed by atoms with E-state index < -0.39 is 10.0 Å². The normalized spacial score (nSPS) is 11.3. The molecule has 0 fully saturated rings. The maximum Gasteiger partial charge on any atom is 0.267 e. The van der Waals surface area contributed by atoms with Crippen molar-refractivity contribution < 1.29 is 13.2 Å². The summed E-state index contributed by atoms with van der Waals surface area (Å²) in [5.41, 5.74) is 0.249. The Bertz CT molecular complexity index is 799. The van der Waals surface area contributed by atoms with Crippen LogP contribution in [-0.4, -0.2) is 38.0 Å². The number of pyridine rings is 1. The minimum absolute atomic E-state index is 0.00727. The number of aryl methyl sites for hydroxylation is 1. The third kappa shape index (κ3) is 2.93. The van der Waals surface area contributed by atoms with Crippen LogP contribution >= 0.6 is 11.6 Å². The largest absolute Gasteiger partial charge is 0.354 e. The second-order valence-corrected chi connectivity index (χ2v) is 6.96. The van der Waals surface area contributed by atoms with Gasteiger partial charge in [0.15, 0.2) is 0 Å². The van der Waals surface area contributed by atoms with Crippen LogP contribution in [0, 0.1) is 0 Å². The number of rotatable bonds is 4. The SMILES string of the molecule is CNC(=O)c1cc(S(=O)(=O)N(C)c2ccc(Cl)cn2)cn1C. The highest BCUT2D eigenvalue weighted by Crippen LogP contribution is 2.22. The molecule has 0 aliphatic heterocycles. The number of aromatic nitrogens is 2. The number of carbonyl (C=O) groups is 1. The Morgan fingerprint density at radius 1 is 1.41 bits per heavy atom. The Morgan fingerprint density at radius 3 is 2.64 bits per heavy atom. The quantitative estimate of drug-likeness (QED) is 0.906. The van der Waals surface area contributed by atoms with E-state index in [4.69, 9.17) is 11.6 Å². The summed E-state index contributed by atoms with van der Waals surface area (Å²) in [6.07, 6.45) is 2.75. The van der Waals surface area contributed by atoms with E-state index in [1.807, 2.05) is 0 Å². The van der Waals surface area contributed by atoms with Crippen LogP contribution in [0.3, 0.4) is 0 Å². The second kappa shape index (κ2) is 5.98. The van der Waals surface area contributed by atoms with Gasteiger partial charge in [0.1, 0.15) is 16.4 Å². The maximum absolute atomic E-state index is 12.6. The van der Waals surface area contributed by atoms with Crippen LogP contribution in [0.15, 0.2) is 35.5 Å². The van der Waals surface area contributed by atoms with Crippen LogP contribution in [0.25, 0.3) is 0 Å². The zero-order valence-corrected chi connectivity index (χ0v) is 13.8. The molecule has 0 aliphatic carbocycles. The molecule has 0 atom stereocenters. The highest BCUT2D eigenvalue weighted by Gasteiger charge is 2.25. The second-order valence-electron chi connectivity index (χ2n) is 4.56. The van der Waals surface area contributed by atoms with Gasteiger partial charge in [-0.15, -0.1) is 0 Å². The van der Waals surface area contributed by atoms with Gasteiger partial charge in [-0.1, -0.05) is 11.6 Å². The molecular weight excluding hydrogens is 328 g/mol. The van der Waals surface area contributed by atoms with E-state index in [0.29, 0.717) is 5.02 Å². The van der Waals surface area contributed by atoms with Crippen molar-refractivity contribution in [1.82, 2.24) is 14.9 Å². The van der Waals surface area contributed by atoms with Gasteiger partial charge >= 0.3 is 0 Å². The van der Waals surface area contributed by atoms with Crippen molar-refractivity contribution in [3.63, 3.8) is 0 Å². The van der Waals surface area contributed by atoms with Crippen molar-refractivity contribution in [2.75, 3.05) is 18.4 Å². The molecule has 2 aromatic rings. The summed E-state index contributed by atoms with van der Waals surface area (Å²) in [6, 6.07) is 4.37. The van der Waals surface area contributed by atoms with Crippen LogP contribution in [0.5, 0.6) is 0 Å². The fourth-order valence-electron chi connectivity index (χ4n) is 1.86. The Labute approximate surface area is 133 Å². The summed E-state index contributed by atoms with van der Waals surface area (Å²) in [5, 5.41) is 2.87. The predicted octanol–water partition coefficient (Wildman–Crippen LogP) is 1.26. The molecule has 0 unspecified atom stereocenters. The predicted molar refractivity (Wildman–Crippen MR) is 83.6 cm³/mol. The molecule has 0 aromatic carbocycles. The summed E-state index contributed by atoms with van der Waals surface area (Å²) < 4.78 is 27.7. The summed E-state index contributed by atoms with van der Waals surface area (Å²) in [7, 11) is 0.646. The first-order chi connectivity index (χ1) is 10.3. The molecular formula is C13H15ClN4O3S. The van der Waals surface area contributed by atoms with Crippen molar-refractivity contribution in [2.45, 2.75) is 4.90 Å². The molecule has 0 saturated carbocycles. The van der Waals surface area contributed by atoms with E-state index in [9.17, 15) is 13.2 Å². The zero-order valence-electron chi connectivity index (χ0n) is 12.2. The molecule has 0 bridgehead atoms. The van der Waals surface area contributed by atoms with E-state index in [1.54, 1.807) is 13.1 Å². The van der Waals surface area contributed by atoms with Crippen molar-refractivity contribution in [3.8, 4) is 0 Å². The van der Waals surface area contributed by atoms with Gasteiger partial charge in [0.25, 0.3) is 15.9 Å². The number of nitrogens with one attached hydrogen (secondary N) is 1. The molecule has 2 heterocycles. The molecule has 2 aromatic heterocycles. The monoisotopic (exact) mass is 342 g/mol. The van der Waals surface area contributed by atoms with Gasteiger partial charge in [-0.3, -0.25) is 9.10 Å². The van der Waals surface area contributed by atoms with Crippen LogP contribution in [-0.2, 0) is 17.1 Å². The molecule has 0 radical (unpaired) electrons. The zero-order chi connectivity index (χ0) is 16.5. The van der Waals surface area contributed by atoms with Gasteiger partial charge in [-0.25, -0.2) is 13.4 Å². The molecule has 1 N–H and O–H groups in total. The maximum atomic E-state index is 12.6. The first-order valence-corrected chi connectivity index (χ1v) is 8.08. The number of halogens is 1. The topological polar surface area (TPSA) is 84.3 Å². The van der Waals surface area contributed by atoms with Gasteiger partial charge in [0.2, 0.25) is 0 Å². The lowest BCUT2D eigenvalue weighted by molar-refractivity contribution is 0.0955. The molecule has 22 heavy (non-hydrogen) atoms. The number of nitrogens with zero attached hydrogens (tertiary/aromatic N) is 3. The Kier molecular flexibility index (Phi) is 4.43. The highest BCUT2D eigenvalue weighted by atomic mass is 35.5. The van der Waals surface area contributed by atoms with E-state index in [-0.39, 0.29) is 22.3 Å². The van der Waals surface area contributed by atoms with Crippen LogP contribution in [0.1, 0.15) is 10.5 Å². The van der Waals surface area contributed by atoms with Crippen molar-refractivity contribution >= 4 is 33.3 Å². The van der Waals surface area contributed by atoms with Gasteiger partial charge in [0, 0.05) is 33.5 Å². The molecule has 9 heteroatoms. The third-order valence-electron chi connectivity index (χ3n) is 3.13. The lowest BCUT2D eigenvalue weighted by atomic mass is 10.4. The van der Waals surface area contributed by atoms with E-state index >= 15 is 0 Å². The van der Waals surface area contributed by atoms with Crippen LogP contribution < -0.4 is 9.62 Å². The fraction of sp³-hybridized carbons (Fsp3) is 0.231. The lowest BCUT2D eigenvalue weighted by Gasteiger charge is -2.17. The lowest BCUT2D eigenvalue weighted by Crippen LogP contribution is -2.27. The van der Waals surface area contributed by atoms with Crippen molar-refractivity contribution in [2.24, 2.45) is 7.05 Å². The van der Waals surface area contributed by atoms with Crippen LogP contribution in [0.4, 0.5) is 5.82 Å². The number of carbonyl (C=O) groups excluding carboxylic acids is 1. The van der Waals surface area contributed by atoms with Gasteiger partial charge in [-0.2, -0.15) is 0 Å². The molecule has 118 valence electrons. The third-order valence-corrected chi connectivity index (χ3v) is 5.08. The minimum atomic E-state index is -3.82. The van der Waals surface area contributed by atoms with Gasteiger partial charge < -0.3 is 9.88 Å². The molecule has 0 saturated heterocycles. The number of amides is 1. The van der Waals surface area contributed by atoms with Crippen LogP contribution in [0.2, 0.25) is 5.02 Å². The summed E-state index contributed by atoms with van der Waals surface area (Å²) in [5.74, 6) is -0.133. The molecule has 1 amide bonds. The fourth-order valence-corrected chi connectivity index (χ4v) is 3.20. The number of hydrogen-bond acceptors (Lipinski definition) is 4. The number of sulfonamides is 1. The van der Waals surface area contributed by atoms with Crippen molar-refractivity contribution in [3.05, 3.63) is 41.3 Å². The van der Waals surface area contributed by atoms with Crippen molar-refractivity contribution in [1.29, 1.82) is 0 Å². The number of anilines is 1. The summed E-state index contributed by atoms with van der Waals surface area (Å²) >= 11 is 5.74. The first-order valence-electron chi connectivity index (χ1n) is 6.26. The molecule has 0 aliphatic rings. The first kappa shape index (κ1) is 16.3. The van der Waals surface area contributed by atoms with Gasteiger partial charge in [0.05, 0.1) is 5.02 Å². The average Bonchev–Trinajstić information content (AvgIpc) is 2.89. The average molecular weight is 343 g/mol.